The highest BCUT2D eigenvalue weighted by Gasteiger charge is 2.10. The van der Waals surface area contributed by atoms with Gasteiger partial charge in [-0.05, 0) is 34.0 Å². The Kier molecular flexibility index (Phi) is 6.62. The van der Waals surface area contributed by atoms with Crippen molar-refractivity contribution in [2.75, 3.05) is 13.1 Å². The van der Waals surface area contributed by atoms with Crippen LogP contribution in [0.5, 0.6) is 0 Å². The van der Waals surface area contributed by atoms with Crippen molar-refractivity contribution in [3.8, 4) is 0 Å². The fraction of sp³-hybridized carbons (Fsp3) is 0.583. The Morgan fingerprint density at radius 3 is 2.71 bits per heavy atom. The summed E-state index contributed by atoms with van der Waals surface area (Å²) in [7, 11) is 0. The molecule has 1 aromatic rings. The summed E-state index contributed by atoms with van der Waals surface area (Å²) >= 11 is 10.2. The van der Waals surface area contributed by atoms with E-state index in [4.69, 9.17) is 18.0 Å². The molecule has 96 valence electrons. The van der Waals surface area contributed by atoms with E-state index >= 15 is 0 Å². The van der Waals surface area contributed by atoms with Crippen LogP contribution in [0.15, 0.2) is 15.9 Å². The molecule has 0 bridgehead atoms. The molecule has 0 amide bonds. The third-order valence-corrected chi connectivity index (χ3v) is 4.12. The summed E-state index contributed by atoms with van der Waals surface area (Å²) in [4.78, 5) is 4.40. The number of hydrogen-bond donors (Lipinski definition) is 1. The predicted octanol–water partition coefficient (Wildman–Crippen LogP) is 3.64. The first-order valence-corrected chi connectivity index (χ1v) is 7.74. The second-order valence-corrected chi connectivity index (χ2v) is 7.62. The molecule has 0 saturated carbocycles. The summed E-state index contributed by atoms with van der Waals surface area (Å²) in [6.07, 6.45) is 0.800. The van der Waals surface area contributed by atoms with Crippen molar-refractivity contribution in [1.82, 2.24) is 4.90 Å². The zero-order valence-corrected chi connectivity index (χ0v) is 13.5. The number of nitrogens with zero attached hydrogens (tertiary/aromatic N) is 1. The van der Waals surface area contributed by atoms with E-state index in [9.17, 15) is 0 Å². The lowest BCUT2D eigenvalue weighted by atomic mass is 10.2. The highest BCUT2D eigenvalue weighted by molar-refractivity contribution is 9.11. The first-order chi connectivity index (χ1) is 7.97. The van der Waals surface area contributed by atoms with Crippen molar-refractivity contribution in [3.63, 3.8) is 0 Å². The van der Waals surface area contributed by atoms with Gasteiger partial charge in [0.25, 0.3) is 0 Å². The van der Waals surface area contributed by atoms with Crippen molar-refractivity contribution in [1.29, 1.82) is 0 Å². The molecular formula is C12H19BrN2S2. The Morgan fingerprint density at radius 1 is 1.53 bits per heavy atom. The van der Waals surface area contributed by atoms with Gasteiger partial charge in [0, 0.05) is 30.9 Å². The van der Waals surface area contributed by atoms with Gasteiger partial charge >= 0.3 is 0 Å². The molecule has 0 spiro atoms. The van der Waals surface area contributed by atoms with Gasteiger partial charge in [-0.15, -0.1) is 11.3 Å². The van der Waals surface area contributed by atoms with Gasteiger partial charge in [-0.25, -0.2) is 0 Å². The Morgan fingerprint density at radius 2 is 2.24 bits per heavy atom. The van der Waals surface area contributed by atoms with Crippen LogP contribution in [0.2, 0.25) is 0 Å². The van der Waals surface area contributed by atoms with Gasteiger partial charge in [0.1, 0.15) is 0 Å². The van der Waals surface area contributed by atoms with Crippen LogP contribution in [0.25, 0.3) is 0 Å². The van der Waals surface area contributed by atoms with Crippen LogP contribution in [0.3, 0.4) is 0 Å². The molecule has 0 saturated heterocycles. The van der Waals surface area contributed by atoms with Crippen molar-refractivity contribution in [2.45, 2.75) is 26.8 Å². The molecule has 0 aliphatic rings. The van der Waals surface area contributed by atoms with Gasteiger partial charge in [0.15, 0.2) is 0 Å². The molecule has 0 aliphatic heterocycles. The zero-order valence-electron chi connectivity index (χ0n) is 10.3. The number of thiocarbonyl (C=S) groups is 1. The summed E-state index contributed by atoms with van der Waals surface area (Å²) in [5, 5.41) is 0. The Labute approximate surface area is 121 Å². The van der Waals surface area contributed by atoms with Gasteiger partial charge in [0.2, 0.25) is 0 Å². The molecule has 5 heteroatoms. The second kappa shape index (κ2) is 7.46. The summed E-state index contributed by atoms with van der Waals surface area (Å²) < 4.78 is 1.19. The molecule has 17 heavy (non-hydrogen) atoms. The predicted molar refractivity (Wildman–Crippen MR) is 83.5 cm³/mol. The summed E-state index contributed by atoms with van der Waals surface area (Å²) in [6, 6.07) is 4.27. The maximum absolute atomic E-state index is 5.57. The van der Waals surface area contributed by atoms with Gasteiger partial charge in [0.05, 0.1) is 8.77 Å². The Bertz CT molecular complexity index is 363. The molecule has 0 aromatic carbocycles. The highest BCUT2D eigenvalue weighted by Crippen LogP contribution is 2.23. The molecule has 2 nitrogen and oxygen atoms in total. The average molecular weight is 335 g/mol. The topological polar surface area (TPSA) is 29.3 Å². The van der Waals surface area contributed by atoms with Crippen molar-refractivity contribution in [3.05, 3.63) is 20.8 Å². The molecule has 0 radical (unpaired) electrons. The largest absolute Gasteiger partial charge is 0.393 e. The average Bonchev–Trinajstić information content (AvgIpc) is 2.59. The Balaban J connectivity index is 2.53. The first-order valence-electron chi connectivity index (χ1n) is 5.72. The monoisotopic (exact) mass is 334 g/mol. The van der Waals surface area contributed by atoms with Crippen LogP contribution in [0, 0.1) is 5.92 Å². The van der Waals surface area contributed by atoms with Crippen LogP contribution in [-0.2, 0) is 6.54 Å². The standard InChI is InChI=1S/C12H19BrN2S2/c1-9(2)7-15(6-5-12(14)16)8-10-3-4-11(13)17-10/h3-4,9H,5-8H2,1-2H3,(H2,14,16). The summed E-state index contributed by atoms with van der Waals surface area (Å²) in [5.41, 5.74) is 5.57. The van der Waals surface area contributed by atoms with Crippen LogP contribution in [0.4, 0.5) is 0 Å². The van der Waals surface area contributed by atoms with Crippen LogP contribution in [0.1, 0.15) is 25.1 Å². The van der Waals surface area contributed by atoms with Gasteiger partial charge in [-0.2, -0.15) is 0 Å². The van der Waals surface area contributed by atoms with E-state index in [0.717, 1.165) is 26.1 Å². The molecule has 0 unspecified atom stereocenters. The third kappa shape index (κ3) is 6.50. The number of thiophene rings is 1. The minimum atomic E-state index is 0.603. The molecule has 1 rings (SSSR count). The van der Waals surface area contributed by atoms with Crippen LogP contribution < -0.4 is 5.73 Å². The molecular weight excluding hydrogens is 316 g/mol. The number of halogens is 1. The van der Waals surface area contributed by atoms with Gasteiger partial charge in [-0.1, -0.05) is 26.1 Å². The van der Waals surface area contributed by atoms with E-state index in [1.807, 2.05) is 0 Å². The van der Waals surface area contributed by atoms with E-state index in [2.05, 4.69) is 46.8 Å². The quantitative estimate of drug-likeness (QED) is 0.772. The first kappa shape index (κ1) is 15.1. The maximum Gasteiger partial charge on any atom is 0.0740 e. The van der Waals surface area contributed by atoms with E-state index in [0.29, 0.717) is 10.9 Å². The molecule has 0 atom stereocenters. The number of rotatable bonds is 7. The highest BCUT2D eigenvalue weighted by atomic mass is 79.9. The van der Waals surface area contributed by atoms with Gasteiger partial charge in [-0.3, -0.25) is 4.90 Å². The lowest BCUT2D eigenvalue weighted by molar-refractivity contribution is 0.245. The molecule has 1 heterocycles. The minimum absolute atomic E-state index is 0.603. The van der Waals surface area contributed by atoms with Crippen molar-refractivity contribution in [2.24, 2.45) is 11.7 Å². The SMILES string of the molecule is CC(C)CN(CCC(N)=S)Cc1ccc(Br)s1. The number of nitrogens with two attached hydrogens (primary N) is 1. The molecule has 0 fully saturated rings. The van der Waals surface area contributed by atoms with E-state index in [1.54, 1.807) is 11.3 Å². The second-order valence-electron chi connectivity index (χ2n) is 4.55. The van der Waals surface area contributed by atoms with E-state index < -0.39 is 0 Å². The van der Waals surface area contributed by atoms with Crippen LogP contribution >= 0.6 is 39.5 Å². The fourth-order valence-corrected chi connectivity index (χ4v) is 3.29. The maximum atomic E-state index is 5.57. The van der Waals surface area contributed by atoms with E-state index in [-0.39, 0.29) is 0 Å². The lowest BCUT2D eigenvalue weighted by Crippen LogP contribution is -2.30. The summed E-state index contributed by atoms with van der Waals surface area (Å²) in [6.45, 7) is 7.48. The number of hydrogen-bond acceptors (Lipinski definition) is 3. The smallest absolute Gasteiger partial charge is 0.0740 e. The van der Waals surface area contributed by atoms with Crippen molar-refractivity contribution >= 4 is 44.5 Å². The van der Waals surface area contributed by atoms with E-state index in [1.165, 1.54) is 8.66 Å². The lowest BCUT2D eigenvalue weighted by Gasteiger charge is -2.23. The summed E-state index contributed by atoms with van der Waals surface area (Å²) in [5.74, 6) is 0.657. The fourth-order valence-electron chi connectivity index (χ4n) is 1.68. The normalized spacial score (nSPS) is 11.4. The molecule has 0 aliphatic carbocycles. The Hall–Kier alpha value is 0.0300. The van der Waals surface area contributed by atoms with Gasteiger partial charge < -0.3 is 5.73 Å². The zero-order chi connectivity index (χ0) is 12.8. The third-order valence-electron chi connectivity index (χ3n) is 2.31. The van der Waals surface area contributed by atoms with Crippen LogP contribution in [-0.4, -0.2) is 23.0 Å². The molecule has 1 aromatic heterocycles. The minimum Gasteiger partial charge on any atom is -0.393 e. The van der Waals surface area contributed by atoms with Crippen molar-refractivity contribution < 1.29 is 0 Å². The molecule has 2 N–H and O–H groups in total.